The van der Waals surface area contributed by atoms with Crippen molar-refractivity contribution in [2.45, 2.75) is 13.1 Å². The van der Waals surface area contributed by atoms with Crippen molar-refractivity contribution in [3.8, 4) is 0 Å². The van der Waals surface area contributed by atoms with Crippen LogP contribution in [0, 0.1) is 0 Å². The fourth-order valence-corrected chi connectivity index (χ4v) is 0.468. The number of carbonyl (C=O) groups is 2. The van der Waals surface area contributed by atoms with E-state index in [4.69, 9.17) is 5.11 Å². The molecule has 0 aliphatic rings. The van der Waals surface area contributed by atoms with E-state index < -0.39 is 23.5 Å². The number of alkyl halides is 3. The maximum atomic E-state index is 11.7. The average molecular weight is 182 g/mol. The van der Waals surface area contributed by atoms with E-state index in [1.807, 2.05) is 0 Å². The van der Waals surface area contributed by atoms with Gasteiger partial charge in [-0.1, -0.05) is 0 Å². The number of rotatable bonds is 2. The molecular formula is C6H5F3O3. The van der Waals surface area contributed by atoms with Crippen molar-refractivity contribution >= 4 is 11.8 Å². The smallest absolute Gasteiger partial charge is 0.423 e. The molecule has 0 spiro atoms. The van der Waals surface area contributed by atoms with Crippen LogP contribution in [0.25, 0.3) is 0 Å². The van der Waals surface area contributed by atoms with Crippen LogP contribution in [-0.2, 0) is 9.59 Å². The number of ketones is 1. The third-order valence-electron chi connectivity index (χ3n) is 0.883. The molecule has 0 saturated carbocycles. The topological polar surface area (TPSA) is 54.4 Å². The molecule has 6 heteroatoms. The van der Waals surface area contributed by atoms with Crippen molar-refractivity contribution in [1.82, 2.24) is 0 Å². The van der Waals surface area contributed by atoms with Crippen LogP contribution in [0.1, 0.15) is 6.92 Å². The number of allylic oxidation sites excluding steroid dienone is 1. The molecule has 12 heavy (non-hydrogen) atoms. The number of hydrogen-bond acceptors (Lipinski definition) is 2. The second-order valence-corrected chi connectivity index (χ2v) is 1.97. The Bertz CT molecular complexity index is 239. The van der Waals surface area contributed by atoms with E-state index in [9.17, 15) is 22.8 Å². The van der Waals surface area contributed by atoms with Crippen LogP contribution < -0.4 is 0 Å². The van der Waals surface area contributed by atoms with Gasteiger partial charge in [0.05, 0.1) is 0 Å². The highest BCUT2D eigenvalue weighted by Gasteiger charge is 2.38. The number of carbonyl (C=O) groups excluding carboxylic acids is 1. The van der Waals surface area contributed by atoms with E-state index in [0.29, 0.717) is 0 Å². The third-order valence-corrected chi connectivity index (χ3v) is 0.883. The molecule has 0 radical (unpaired) electrons. The Labute approximate surface area is 65.5 Å². The van der Waals surface area contributed by atoms with Crippen molar-refractivity contribution in [1.29, 1.82) is 0 Å². The summed E-state index contributed by atoms with van der Waals surface area (Å²) in [7, 11) is 0. The zero-order chi connectivity index (χ0) is 9.94. The van der Waals surface area contributed by atoms with Gasteiger partial charge in [-0.05, 0) is 6.92 Å². The Balaban J connectivity index is 4.94. The molecule has 3 nitrogen and oxygen atoms in total. The van der Waals surface area contributed by atoms with Gasteiger partial charge in [-0.3, -0.25) is 4.79 Å². The van der Waals surface area contributed by atoms with Crippen LogP contribution in [0.5, 0.6) is 0 Å². The van der Waals surface area contributed by atoms with Crippen LogP contribution in [0.4, 0.5) is 13.2 Å². The zero-order valence-corrected chi connectivity index (χ0v) is 5.97. The fraction of sp³-hybridized carbons (Fsp3) is 0.333. The number of aliphatic carboxylic acids is 1. The number of carboxylic acids is 1. The summed E-state index contributed by atoms with van der Waals surface area (Å²) < 4.78 is 35.2. The highest BCUT2D eigenvalue weighted by atomic mass is 19.4. The van der Waals surface area contributed by atoms with Gasteiger partial charge in [0.1, 0.15) is 5.57 Å². The standard InChI is InChI=1S/C6H5F3O3/c1-3(10)2-4(5(11)12)6(7,8)9/h2H,1H3,(H,11,12). The summed E-state index contributed by atoms with van der Waals surface area (Å²) in [5, 5.41) is 8.02. The second kappa shape index (κ2) is 3.38. The van der Waals surface area contributed by atoms with Crippen LogP contribution >= 0.6 is 0 Å². The van der Waals surface area contributed by atoms with Crippen LogP contribution in [0.15, 0.2) is 11.6 Å². The van der Waals surface area contributed by atoms with E-state index >= 15 is 0 Å². The monoisotopic (exact) mass is 182 g/mol. The van der Waals surface area contributed by atoms with Crippen LogP contribution in [0.3, 0.4) is 0 Å². The first kappa shape index (κ1) is 10.7. The van der Waals surface area contributed by atoms with Crippen molar-refractivity contribution in [3.05, 3.63) is 11.6 Å². The Morgan fingerprint density at radius 1 is 1.33 bits per heavy atom. The number of hydrogen-bond donors (Lipinski definition) is 1. The normalized spacial score (nSPS) is 12.8. The molecule has 0 saturated heterocycles. The minimum absolute atomic E-state index is 0.0440. The molecule has 0 atom stereocenters. The summed E-state index contributed by atoms with van der Waals surface area (Å²) in [6.45, 7) is 0.842. The summed E-state index contributed by atoms with van der Waals surface area (Å²) >= 11 is 0. The zero-order valence-electron chi connectivity index (χ0n) is 5.97. The van der Waals surface area contributed by atoms with Crippen molar-refractivity contribution in [2.75, 3.05) is 0 Å². The van der Waals surface area contributed by atoms with E-state index in [2.05, 4.69) is 0 Å². The molecule has 0 heterocycles. The molecular weight excluding hydrogens is 177 g/mol. The molecule has 0 aromatic rings. The lowest BCUT2D eigenvalue weighted by Crippen LogP contribution is -2.20. The lowest BCUT2D eigenvalue weighted by molar-refractivity contribution is -0.145. The highest BCUT2D eigenvalue weighted by molar-refractivity contribution is 5.98. The van der Waals surface area contributed by atoms with Gasteiger partial charge in [0.15, 0.2) is 5.78 Å². The Morgan fingerprint density at radius 2 is 1.75 bits per heavy atom. The molecule has 68 valence electrons. The van der Waals surface area contributed by atoms with Gasteiger partial charge in [0.25, 0.3) is 0 Å². The predicted octanol–water partition coefficient (Wildman–Crippen LogP) is 1.15. The SMILES string of the molecule is CC(=O)C=C(C(=O)O)C(F)(F)F. The first-order valence-electron chi connectivity index (χ1n) is 2.78. The number of halogens is 3. The molecule has 0 fully saturated rings. The Morgan fingerprint density at radius 3 is 1.83 bits per heavy atom. The summed E-state index contributed by atoms with van der Waals surface area (Å²) in [6, 6.07) is 0. The lowest BCUT2D eigenvalue weighted by atomic mass is 10.2. The molecule has 1 N–H and O–H groups in total. The molecule has 0 bridgehead atoms. The van der Waals surface area contributed by atoms with Gasteiger partial charge in [0, 0.05) is 6.08 Å². The van der Waals surface area contributed by atoms with E-state index in [1.54, 1.807) is 0 Å². The van der Waals surface area contributed by atoms with Gasteiger partial charge in [-0.15, -0.1) is 0 Å². The maximum Gasteiger partial charge on any atom is 0.423 e. The summed E-state index contributed by atoms with van der Waals surface area (Å²) in [4.78, 5) is 20.1. The third kappa shape index (κ3) is 3.18. The predicted molar refractivity (Wildman–Crippen MR) is 32.5 cm³/mol. The second-order valence-electron chi connectivity index (χ2n) is 1.97. The first-order valence-corrected chi connectivity index (χ1v) is 2.78. The molecule has 0 aliphatic carbocycles. The molecule has 0 aliphatic heterocycles. The summed E-state index contributed by atoms with van der Waals surface area (Å²) in [6.07, 6.45) is -4.94. The van der Waals surface area contributed by atoms with Gasteiger partial charge in [-0.25, -0.2) is 4.79 Å². The van der Waals surface area contributed by atoms with Crippen molar-refractivity contribution < 1.29 is 27.9 Å². The minimum atomic E-state index is -4.99. The Hall–Kier alpha value is -1.33. The van der Waals surface area contributed by atoms with Crippen molar-refractivity contribution in [3.63, 3.8) is 0 Å². The van der Waals surface area contributed by atoms with Gasteiger partial charge in [-0.2, -0.15) is 13.2 Å². The molecule has 0 aromatic carbocycles. The van der Waals surface area contributed by atoms with E-state index in [0.717, 1.165) is 6.92 Å². The van der Waals surface area contributed by atoms with E-state index in [-0.39, 0.29) is 6.08 Å². The van der Waals surface area contributed by atoms with E-state index in [1.165, 1.54) is 0 Å². The average Bonchev–Trinajstić information content (AvgIpc) is 1.79. The maximum absolute atomic E-state index is 11.7. The molecule has 0 amide bonds. The van der Waals surface area contributed by atoms with Gasteiger partial charge >= 0.3 is 12.1 Å². The van der Waals surface area contributed by atoms with Gasteiger partial charge < -0.3 is 5.11 Å². The molecule has 0 aromatic heterocycles. The lowest BCUT2D eigenvalue weighted by Gasteiger charge is -2.05. The first-order chi connectivity index (χ1) is 5.25. The largest absolute Gasteiger partial charge is 0.478 e. The van der Waals surface area contributed by atoms with Gasteiger partial charge in [0.2, 0.25) is 0 Å². The summed E-state index contributed by atoms with van der Waals surface area (Å²) in [5.74, 6) is -3.11. The highest BCUT2D eigenvalue weighted by Crippen LogP contribution is 2.25. The fourth-order valence-electron chi connectivity index (χ4n) is 0.468. The number of carboxylic acid groups (broad SMARTS) is 1. The Kier molecular flexibility index (Phi) is 3.00. The van der Waals surface area contributed by atoms with Crippen LogP contribution in [-0.4, -0.2) is 23.0 Å². The van der Waals surface area contributed by atoms with Crippen molar-refractivity contribution in [2.24, 2.45) is 0 Å². The minimum Gasteiger partial charge on any atom is -0.478 e. The molecule has 0 unspecified atom stereocenters. The quantitative estimate of drug-likeness (QED) is 0.651. The summed E-state index contributed by atoms with van der Waals surface area (Å²) in [5.41, 5.74) is -1.85. The molecule has 0 rings (SSSR count). The van der Waals surface area contributed by atoms with Crippen LogP contribution in [0.2, 0.25) is 0 Å².